The summed E-state index contributed by atoms with van der Waals surface area (Å²) in [6.45, 7) is 1.97. The van der Waals surface area contributed by atoms with Crippen LogP contribution in [0.25, 0.3) is 0 Å². The molecule has 3 nitrogen and oxygen atoms in total. The fourth-order valence-corrected chi connectivity index (χ4v) is 1.45. The van der Waals surface area contributed by atoms with Crippen LogP contribution >= 0.6 is 0 Å². The molecule has 1 aliphatic heterocycles. The van der Waals surface area contributed by atoms with Crippen molar-refractivity contribution in [3.8, 4) is 6.19 Å². The number of hydrogen-bond donors (Lipinski definition) is 1. The Morgan fingerprint density at radius 3 is 3.00 bits per heavy atom. The number of nitrogens with zero attached hydrogens (tertiary/aromatic N) is 2. The van der Waals surface area contributed by atoms with Gasteiger partial charge < -0.3 is 10.2 Å². The van der Waals surface area contributed by atoms with Gasteiger partial charge in [-0.25, -0.2) is 0 Å². The molecule has 3 heteroatoms. The number of nitrogens with one attached hydrogen (secondary N) is 1. The number of nitriles is 1. The van der Waals surface area contributed by atoms with E-state index in [-0.39, 0.29) is 0 Å². The van der Waals surface area contributed by atoms with Crippen molar-refractivity contribution in [1.29, 1.82) is 5.26 Å². The van der Waals surface area contributed by atoms with Crippen LogP contribution in [-0.2, 0) is 0 Å². The molecule has 62 valence electrons. The molecule has 0 radical (unpaired) electrons. The highest BCUT2D eigenvalue weighted by Gasteiger charge is 2.13. The maximum Gasteiger partial charge on any atom is 0.179 e. The Hall–Kier alpha value is -0.750. The SMILES string of the molecule is CN(C#N)CC1CCCCN1. The molecule has 1 atom stereocenters. The van der Waals surface area contributed by atoms with Crippen LogP contribution in [0, 0.1) is 11.5 Å². The van der Waals surface area contributed by atoms with Crippen LogP contribution in [0.15, 0.2) is 0 Å². The molecule has 0 saturated carbocycles. The molecule has 1 fully saturated rings. The summed E-state index contributed by atoms with van der Waals surface area (Å²) in [6, 6.07) is 0.536. The standard InChI is InChI=1S/C8H15N3/c1-11(7-9)6-8-4-2-3-5-10-8/h8,10H,2-6H2,1H3. The lowest BCUT2D eigenvalue weighted by Gasteiger charge is -2.25. The summed E-state index contributed by atoms with van der Waals surface area (Å²) in [5.41, 5.74) is 0. The summed E-state index contributed by atoms with van der Waals surface area (Å²) in [5.74, 6) is 0. The van der Waals surface area contributed by atoms with Crippen LogP contribution in [0.2, 0.25) is 0 Å². The Labute approximate surface area is 68.0 Å². The average molecular weight is 153 g/mol. The van der Waals surface area contributed by atoms with Gasteiger partial charge in [-0.15, -0.1) is 0 Å². The van der Waals surface area contributed by atoms with E-state index in [1.165, 1.54) is 19.3 Å². The van der Waals surface area contributed by atoms with E-state index in [0.29, 0.717) is 6.04 Å². The van der Waals surface area contributed by atoms with E-state index >= 15 is 0 Å². The van der Waals surface area contributed by atoms with Crippen molar-refractivity contribution in [2.75, 3.05) is 20.1 Å². The lowest BCUT2D eigenvalue weighted by Crippen LogP contribution is -2.41. The van der Waals surface area contributed by atoms with Crippen LogP contribution in [0.5, 0.6) is 0 Å². The van der Waals surface area contributed by atoms with Crippen molar-refractivity contribution in [1.82, 2.24) is 10.2 Å². The van der Waals surface area contributed by atoms with Crippen LogP contribution in [0.1, 0.15) is 19.3 Å². The molecule has 1 heterocycles. The molecule has 0 aliphatic carbocycles. The lowest BCUT2D eigenvalue weighted by molar-refractivity contribution is 0.325. The summed E-state index contributed by atoms with van der Waals surface area (Å²) >= 11 is 0. The third-order valence-corrected chi connectivity index (χ3v) is 2.08. The van der Waals surface area contributed by atoms with Crippen molar-refractivity contribution >= 4 is 0 Å². The van der Waals surface area contributed by atoms with Gasteiger partial charge in [-0.3, -0.25) is 0 Å². The van der Waals surface area contributed by atoms with E-state index in [1.54, 1.807) is 4.90 Å². The van der Waals surface area contributed by atoms with Crippen molar-refractivity contribution in [2.24, 2.45) is 0 Å². The number of hydrogen-bond acceptors (Lipinski definition) is 3. The molecule has 1 saturated heterocycles. The zero-order valence-corrected chi connectivity index (χ0v) is 7.01. The van der Waals surface area contributed by atoms with Crippen molar-refractivity contribution in [3.05, 3.63) is 0 Å². The van der Waals surface area contributed by atoms with E-state index in [4.69, 9.17) is 5.26 Å². The van der Waals surface area contributed by atoms with Crippen LogP contribution in [0.4, 0.5) is 0 Å². The van der Waals surface area contributed by atoms with Gasteiger partial charge in [0.1, 0.15) is 0 Å². The van der Waals surface area contributed by atoms with Gasteiger partial charge >= 0.3 is 0 Å². The Balaban J connectivity index is 2.20. The van der Waals surface area contributed by atoms with Crippen molar-refractivity contribution in [2.45, 2.75) is 25.3 Å². The molecule has 1 unspecified atom stereocenters. The zero-order valence-electron chi connectivity index (χ0n) is 7.01. The average Bonchev–Trinajstić information content (AvgIpc) is 2.06. The van der Waals surface area contributed by atoms with Crippen LogP contribution in [-0.4, -0.2) is 31.1 Å². The second-order valence-electron chi connectivity index (χ2n) is 3.13. The first-order valence-corrected chi connectivity index (χ1v) is 4.17. The second kappa shape index (κ2) is 4.20. The third kappa shape index (κ3) is 2.77. The van der Waals surface area contributed by atoms with Crippen molar-refractivity contribution < 1.29 is 0 Å². The predicted molar refractivity (Wildman–Crippen MR) is 43.9 cm³/mol. The Morgan fingerprint density at radius 1 is 1.64 bits per heavy atom. The molecule has 0 bridgehead atoms. The highest BCUT2D eigenvalue weighted by Crippen LogP contribution is 2.07. The second-order valence-corrected chi connectivity index (χ2v) is 3.13. The van der Waals surface area contributed by atoms with E-state index in [0.717, 1.165) is 13.1 Å². The van der Waals surface area contributed by atoms with E-state index in [2.05, 4.69) is 11.5 Å². The normalized spacial score (nSPS) is 24.2. The third-order valence-electron chi connectivity index (χ3n) is 2.08. The highest BCUT2D eigenvalue weighted by molar-refractivity contribution is 4.79. The molecular weight excluding hydrogens is 138 g/mol. The summed E-state index contributed by atoms with van der Waals surface area (Å²) in [6.07, 6.45) is 5.91. The lowest BCUT2D eigenvalue weighted by atomic mass is 10.1. The molecule has 1 aliphatic rings. The van der Waals surface area contributed by atoms with Gasteiger partial charge in [0.25, 0.3) is 0 Å². The van der Waals surface area contributed by atoms with Gasteiger partial charge in [0.2, 0.25) is 0 Å². The first kappa shape index (κ1) is 8.35. The molecule has 0 amide bonds. The Bertz CT molecular complexity index is 144. The quantitative estimate of drug-likeness (QED) is 0.465. The fourth-order valence-electron chi connectivity index (χ4n) is 1.45. The van der Waals surface area contributed by atoms with Gasteiger partial charge in [-0.2, -0.15) is 5.26 Å². The summed E-state index contributed by atoms with van der Waals surface area (Å²) in [7, 11) is 1.83. The topological polar surface area (TPSA) is 39.1 Å². The largest absolute Gasteiger partial charge is 0.312 e. The number of rotatable bonds is 2. The first-order valence-electron chi connectivity index (χ1n) is 4.17. The smallest absolute Gasteiger partial charge is 0.179 e. The molecule has 0 spiro atoms. The van der Waals surface area contributed by atoms with Gasteiger partial charge in [-0.1, -0.05) is 6.42 Å². The summed E-state index contributed by atoms with van der Waals surface area (Å²) in [4.78, 5) is 1.68. The van der Waals surface area contributed by atoms with Gasteiger partial charge in [0.15, 0.2) is 6.19 Å². The molecule has 1 N–H and O–H groups in total. The maximum atomic E-state index is 8.51. The fraction of sp³-hybridized carbons (Fsp3) is 0.875. The van der Waals surface area contributed by atoms with Crippen LogP contribution in [0.3, 0.4) is 0 Å². The number of likely N-dealkylation sites (N-methyl/N-ethyl adjacent to an activating group) is 1. The molecule has 0 aromatic carbocycles. The molecule has 11 heavy (non-hydrogen) atoms. The van der Waals surface area contributed by atoms with Gasteiger partial charge in [0, 0.05) is 19.6 Å². The Morgan fingerprint density at radius 2 is 2.45 bits per heavy atom. The monoisotopic (exact) mass is 153 g/mol. The first-order chi connectivity index (χ1) is 5.33. The van der Waals surface area contributed by atoms with E-state index in [9.17, 15) is 0 Å². The minimum atomic E-state index is 0.536. The van der Waals surface area contributed by atoms with Gasteiger partial charge in [-0.05, 0) is 19.4 Å². The minimum Gasteiger partial charge on any atom is -0.312 e. The minimum absolute atomic E-state index is 0.536. The van der Waals surface area contributed by atoms with E-state index in [1.807, 2.05) is 7.05 Å². The molecule has 1 rings (SSSR count). The highest BCUT2D eigenvalue weighted by atomic mass is 15.1. The van der Waals surface area contributed by atoms with E-state index < -0.39 is 0 Å². The molecular formula is C8H15N3. The van der Waals surface area contributed by atoms with Crippen molar-refractivity contribution in [3.63, 3.8) is 0 Å². The van der Waals surface area contributed by atoms with Gasteiger partial charge in [0.05, 0.1) is 0 Å². The molecule has 0 aromatic heterocycles. The van der Waals surface area contributed by atoms with Crippen LogP contribution < -0.4 is 5.32 Å². The predicted octanol–water partition coefficient (Wildman–Crippen LogP) is 0.541. The number of piperidine rings is 1. The Kier molecular flexibility index (Phi) is 3.18. The summed E-state index contributed by atoms with van der Waals surface area (Å²) in [5, 5.41) is 11.9. The zero-order chi connectivity index (χ0) is 8.10. The molecule has 0 aromatic rings. The maximum absolute atomic E-state index is 8.51. The summed E-state index contributed by atoms with van der Waals surface area (Å²) < 4.78 is 0.